The molecule has 2 aromatic rings. The topological polar surface area (TPSA) is 99.9 Å². The zero-order chi connectivity index (χ0) is 14.9. The first-order valence-corrected chi connectivity index (χ1v) is 6.63. The highest BCUT2D eigenvalue weighted by Gasteiger charge is 2.17. The van der Waals surface area contributed by atoms with Crippen molar-refractivity contribution in [1.82, 2.24) is 18.7 Å². The predicted octanol–water partition coefficient (Wildman–Crippen LogP) is -0.786. The number of aryl methyl sites for hydroxylation is 2. The van der Waals surface area contributed by atoms with Crippen molar-refractivity contribution in [3.63, 3.8) is 0 Å². The van der Waals surface area contributed by atoms with Gasteiger partial charge in [0.05, 0.1) is 0 Å². The number of hydrogen-bond acceptors (Lipinski definition) is 5. The number of nitrogens with zero attached hydrogens (tertiary/aromatic N) is 4. The monoisotopic (exact) mass is 280 g/mol. The van der Waals surface area contributed by atoms with Gasteiger partial charge in [0, 0.05) is 27.2 Å². The maximum atomic E-state index is 12.3. The minimum Gasteiger partial charge on any atom is -0.356 e. The van der Waals surface area contributed by atoms with E-state index < -0.39 is 0 Å². The Morgan fingerprint density at radius 1 is 1.25 bits per heavy atom. The summed E-state index contributed by atoms with van der Waals surface area (Å²) >= 11 is 0. The molecule has 8 heteroatoms. The van der Waals surface area contributed by atoms with Gasteiger partial charge in [0.15, 0.2) is 11.2 Å². The second kappa shape index (κ2) is 5.49. The lowest BCUT2D eigenvalue weighted by atomic mass is 10.4. The van der Waals surface area contributed by atoms with Crippen LogP contribution in [0.2, 0.25) is 0 Å². The lowest BCUT2D eigenvalue weighted by Crippen LogP contribution is -2.39. The van der Waals surface area contributed by atoms with E-state index in [9.17, 15) is 9.59 Å². The average Bonchev–Trinajstić information content (AvgIpc) is 2.75. The van der Waals surface area contributed by atoms with Crippen LogP contribution in [0.1, 0.15) is 13.3 Å². The summed E-state index contributed by atoms with van der Waals surface area (Å²) < 4.78 is 4.28. The van der Waals surface area contributed by atoms with Crippen LogP contribution in [0, 0.1) is 0 Å². The summed E-state index contributed by atoms with van der Waals surface area (Å²) in [6, 6.07) is 0. The van der Waals surface area contributed by atoms with Crippen LogP contribution in [0.3, 0.4) is 0 Å². The van der Waals surface area contributed by atoms with Crippen LogP contribution in [-0.4, -0.2) is 31.8 Å². The van der Waals surface area contributed by atoms with Crippen molar-refractivity contribution in [1.29, 1.82) is 0 Å². The number of imidazole rings is 1. The maximum Gasteiger partial charge on any atom is 0.332 e. The fourth-order valence-corrected chi connectivity index (χ4v) is 2.18. The lowest BCUT2D eigenvalue weighted by molar-refractivity contribution is 0.635. The quantitative estimate of drug-likeness (QED) is 0.699. The molecule has 2 heterocycles. The van der Waals surface area contributed by atoms with E-state index in [1.54, 1.807) is 25.6 Å². The normalized spacial score (nSPS) is 11.2. The number of nitrogens with one attached hydrogen (secondary N) is 1. The molecule has 0 amide bonds. The van der Waals surface area contributed by atoms with Crippen molar-refractivity contribution in [2.45, 2.75) is 19.9 Å². The van der Waals surface area contributed by atoms with Crippen molar-refractivity contribution >= 4 is 17.1 Å². The van der Waals surface area contributed by atoms with Gasteiger partial charge in [-0.1, -0.05) is 0 Å². The van der Waals surface area contributed by atoms with Gasteiger partial charge in [-0.05, 0) is 19.9 Å². The number of aromatic nitrogens is 4. The van der Waals surface area contributed by atoms with Gasteiger partial charge in [-0.3, -0.25) is 13.9 Å². The van der Waals surface area contributed by atoms with Gasteiger partial charge in [0.2, 0.25) is 5.95 Å². The van der Waals surface area contributed by atoms with E-state index in [0.29, 0.717) is 36.7 Å². The molecule has 0 aromatic carbocycles. The minimum absolute atomic E-state index is 0.313. The molecule has 0 bridgehead atoms. The summed E-state index contributed by atoms with van der Waals surface area (Å²) in [7, 11) is 3.37. The molecule has 20 heavy (non-hydrogen) atoms. The molecular formula is C12H20N6O2. The number of fused-ring (bicyclic) bond motifs is 1. The Hall–Kier alpha value is -2.09. The summed E-state index contributed by atoms with van der Waals surface area (Å²) in [5, 5.41) is 3.12. The smallest absolute Gasteiger partial charge is 0.332 e. The SMILES string of the molecule is CCn1c(=O)c2c(nc(NCCCN)n2C)n(C)c1=O. The molecule has 0 atom stereocenters. The number of rotatable bonds is 5. The molecule has 0 saturated carbocycles. The second-order valence-electron chi connectivity index (χ2n) is 4.63. The van der Waals surface area contributed by atoms with E-state index in [1.807, 2.05) is 0 Å². The molecule has 2 aromatic heterocycles. The Bertz CT molecular complexity index is 739. The Labute approximate surface area is 115 Å². The van der Waals surface area contributed by atoms with E-state index in [0.717, 1.165) is 6.42 Å². The van der Waals surface area contributed by atoms with Crippen LogP contribution in [0.25, 0.3) is 11.2 Å². The van der Waals surface area contributed by atoms with E-state index in [1.165, 1.54) is 9.13 Å². The first-order chi connectivity index (χ1) is 9.52. The van der Waals surface area contributed by atoms with Crippen LogP contribution in [0.4, 0.5) is 5.95 Å². The fourth-order valence-electron chi connectivity index (χ4n) is 2.18. The van der Waals surface area contributed by atoms with Crippen LogP contribution in [0.5, 0.6) is 0 Å². The van der Waals surface area contributed by atoms with E-state index in [4.69, 9.17) is 5.73 Å². The van der Waals surface area contributed by atoms with Crippen LogP contribution < -0.4 is 22.3 Å². The molecule has 3 N–H and O–H groups in total. The van der Waals surface area contributed by atoms with Crippen molar-refractivity contribution in [3.05, 3.63) is 20.8 Å². The lowest BCUT2D eigenvalue weighted by Gasteiger charge is -2.06. The Morgan fingerprint density at radius 3 is 2.55 bits per heavy atom. The van der Waals surface area contributed by atoms with Crippen molar-refractivity contribution in [3.8, 4) is 0 Å². The first kappa shape index (κ1) is 14.3. The van der Waals surface area contributed by atoms with Crippen molar-refractivity contribution in [2.24, 2.45) is 19.8 Å². The van der Waals surface area contributed by atoms with Crippen molar-refractivity contribution in [2.75, 3.05) is 18.4 Å². The van der Waals surface area contributed by atoms with Gasteiger partial charge in [-0.25, -0.2) is 4.79 Å². The zero-order valence-corrected chi connectivity index (χ0v) is 12.0. The van der Waals surface area contributed by atoms with E-state index >= 15 is 0 Å². The molecular weight excluding hydrogens is 260 g/mol. The molecule has 0 radical (unpaired) electrons. The Balaban J connectivity index is 2.65. The number of hydrogen-bond donors (Lipinski definition) is 2. The highest BCUT2D eigenvalue weighted by Crippen LogP contribution is 2.12. The molecule has 8 nitrogen and oxygen atoms in total. The van der Waals surface area contributed by atoms with Gasteiger partial charge in [-0.2, -0.15) is 4.98 Å². The third kappa shape index (κ3) is 2.11. The highest BCUT2D eigenvalue weighted by molar-refractivity contribution is 5.74. The highest BCUT2D eigenvalue weighted by atomic mass is 16.2. The molecule has 0 unspecified atom stereocenters. The van der Waals surface area contributed by atoms with Gasteiger partial charge < -0.3 is 15.6 Å². The molecule has 2 rings (SSSR count). The molecule has 0 aliphatic heterocycles. The Kier molecular flexibility index (Phi) is 3.93. The van der Waals surface area contributed by atoms with Gasteiger partial charge in [0.25, 0.3) is 5.56 Å². The molecule has 110 valence electrons. The van der Waals surface area contributed by atoms with E-state index in [-0.39, 0.29) is 11.2 Å². The summed E-state index contributed by atoms with van der Waals surface area (Å²) in [4.78, 5) is 28.7. The zero-order valence-electron chi connectivity index (χ0n) is 12.0. The van der Waals surface area contributed by atoms with Crippen LogP contribution in [-0.2, 0) is 20.6 Å². The second-order valence-corrected chi connectivity index (χ2v) is 4.63. The van der Waals surface area contributed by atoms with Crippen LogP contribution >= 0.6 is 0 Å². The third-order valence-corrected chi connectivity index (χ3v) is 3.34. The van der Waals surface area contributed by atoms with Gasteiger partial charge in [0.1, 0.15) is 0 Å². The molecule has 0 aliphatic rings. The Morgan fingerprint density at radius 2 is 1.95 bits per heavy atom. The first-order valence-electron chi connectivity index (χ1n) is 6.63. The van der Waals surface area contributed by atoms with Gasteiger partial charge in [-0.15, -0.1) is 0 Å². The fraction of sp³-hybridized carbons (Fsp3) is 0.583. The standard InChI is InChI=1S/C12H20N6O2/c1-4-18-10(19)8-9(17(3)12(18)20)15-11(16(8)2)14-7-5-6-13/h4-7,13H2,1-3H3,(H,14,15). The summed E-state index contributed by atoms with van der Waals surface area (Å²) in [5.41, 5.74) is 5.59. The third-order valence-electron chi connectivity index (χ3n) is 3.34. The van der Waals surface area contributed by atoms with Gasteiger partial charge >= 0.3 is 5.69 Å². The molecule has 0 saturated heterocycles. The summed E-state index contributed by atoms with van der Waals surface area (Å²) in [5.74, 6) is 0.564. The van der Waals surface area contributed by atoms with E-state index in [2.05, 4.69) is 10.3 Å². The number of nitrogens with two attached hydrogens (primary N) is 1. The summed E-state index contributed by atoms with van der Waals surface area (Å²) in [6.45, 7) is 3.36. The maximum absolute atomic E-state index is 12.3. The molecule has 0 aliphatic carbocycles. The molecule has 0 spiro atoms. The largest absolute Gasteiger partial charge is 0.356 e. The average molecular weight is 280 g/mol. The number of anilines is 1. The minimum atomic E-state index is -0.350. The van der Waals surface area contributed by atoms with Crippen LogP contribution in [0.15, 0.2) is 9.59 Å². The molecule has 0 fully saturated rings. The summed E-state index contributed by atoms with van der Waals surface area (Å²) in [6.07, 6.45) is 0.807. The predicted molar refractivity (Wildman–Crippen MR) is 78.1 cm³/mol. The van der Waals surface area contributed by atoms with Crippen molar-refractivity contribution < 1.29 is 0 Å².